The highest BCUT2D eigenvalue weighted by Gasteiger charge is 2.19. The molecule has 0 aromatic rings. The van der Waals surface area contributed by atoms with Crippen LogP contribution < -0.4 is 0 Å². The summed E-state index contributed by atoms with van der Waals surface area (Å²) >= 11 is 0. The molecule has 0 heterocycles. The third-order valence-electron chi connectivity index (χ3n) is 14.0. The van der Waals surface area contributed by atoms with Crippen molar-refractivity contribution in [2.24, 2.45) is 0 Å². The van der Waals surface area contributed by atoms with Gasteiger partial charge in [0, 0.05) is 19.3 Å². The molecule has 0 saturated heterocycles. The van der Waals surface area contributed by atoms with E-state index in [9.17, 15) is 14.4 Å². The van der Waals surface area contributed by atoms with E-state index in [4.69, 9.17) is 14.2 Å². The maximum Gasteiger partial charge on any atom is 0.306 e. The summed E-state index contributed by atoms with van der Waals surface area (Å²) in [4.78, 5) is 38.4. The van der Waals surface area contributed by atoms with E-state index in [0.29, 0.717) is 19.3 Å². The Morgan fingerprint density at radius 1 is 0.273 bits per heavy atom. The molecule has 0 N–H and O–H groups in total. The Morgan fingerprint density at radius 3 is 0.831 bits per heavy atom. The van der Waals surface area contributed by atoms with Gasteiger partial charge in [0.05, 0.1) is 0 Å². The van der Waals surface area contributed by atoms with Gasteiger partial charge in [-0.25, -0.2) is 0 Å². The second-order valence-electron chi connectivity index (χ2n) is 21.6. The lowest BCUT2D eigenvalue weighted by Gasteiger charge is -2.18. The van der Waals surface area contributed by atoms with Crippen LogP contribution in [-0.4, -0.2) is 37.2 Å². The fourth-order valence-corrected chi connectivity index (χ4v) is 9.14. The lowest BCUT2D eigenvalue weighted by Crippen LogP contribution is -2.30. The van der Waals surface area contributed by atoms with Gasteiger partial charge in [-0.1, -0.05) is 272 Å². The molecule has 0 bridgehead atoms. The molecule has 0 spiro atoms. The van der Waals surface area contributed by atoms with Gasteiger partial charge >= 0.3 is 17.9 Å². The molecule has 0 saturated carbocycles. The first-order valence-electron chi connectivity index (χ1n) is 32.7. The summed E-state index contributed by atoms with van der Waals surface area (Å²) < 4.78 is 16.9. The minimum Gasteiger partial charge on any atom is -0.462 e. The largest absolute Gasteiger partial charge is 0.462 e. The van der Waals surface area contributed by atoms with Gasteiger partial charge in [-0.15, -0.1) is 0 Å². The SMILES string of the molecule is CC/C=C\C/C=C\C/C=C\C/C=C\C/C=C\CCCCCCCCCCCC(=O)OCC(COC(=O)CCCCCCC/C=C\CCCCCCCC)OC(=O)CCCCCCCCCCC/C=C\C/C=C\CCCCC. The molecule has 1 atom stereocenters. The summed E-state index contributed by atoms with van der Waals surface area (Å²) in [6.45, 7) is 6.51. The molecule has 0 amide bonds. The Bertz CT molecular complexity index is 1510. The number of rotatable bonds is 59. The maximum atomic E-state index is 12.9. The van der Waals surface area contributed by atoms with E-state index >= 15 is 0 Å². The summed E-state index contributed by atoms with van der Waals surface area (Å²) in [6, 6.07) is 0. The molecule has 0 aliphatic heterocycles. The third-order valence-corrected chi connectivity index (χ3v) is 14.0. The van der Waals surface area contributed by atoms with E-state index in [0.717, 1.165) is 109 Å². The Labute approximate surface area is 477 Å². The first kappa shape index (κ1) is 73.3. The Morgan fingerprint density at radius 2 is 0.506 bits per heavy atom. The number of hydrogen-bond acceptors (Lipinski definition) is 6. The highest BCUT2D eigenvalue weighted by molar-refractivity contribution is 5.71. The number of unbranched alkanes of at least 4 members (excludes halogenated alkanes) is 32. The maximum absolute atomic E-state index is 12.9. The van der Waals surface area contributed by atoms with Crippen molar-refractivity contribution >= 4 is 17.9 Å². The van der Waals surface area contributed by atoms with Gasteiger partial charge in [-0.05, 0) is 122 Å². The van der Waals surface area contributed by atoms with Gasteiger partial charge in [0.25, 0.3) is 0 Å². The normalized spacial score (nSPS) is 12.7. The first-order chi connectivity index (χ1) is 38.0. The van der Waals surface area contributed by atoms with Crippen LogP contribution in [-0.2, 0) is 28.6 Å². The van der Waals surface area contributed by atoms with E-state index in [1.807, 2.05) is 0 Å². The highest BCUT2D eigenvalue weighted by Crippen LogP contribution is 2.16. The van der Waals surface area contributed by atoms with Gasteiger partial charge in [0.2, 0.25) is 0 Å². The molecule has 77 heavy (non-hydrogen) atoms. The average molecular weight is 1070 g/mol. The molecule has 0 aliphatic carbocycles. The molecule has 0 aromatic carbocycles. The minimum absolute atomic E-state index is 0.0842. The monoisotopic (exact) mass is 1070 g/mol. The van der Waals surface area contributed by atoms with Crippen LogP contribution in [0, 0.1) is 0 Å². The molecule has 6 nitrogen and oxygen atoms in total. The van der Waals surface area contributed by atoms with Crippen LogP contribution in [0.15, 0.2) is 97.2 Å². The molecule has 0 radical (unpaired) electrons. The summed E-state index contributed by atoms with van der Waals surface area (Å²) in [7, 11) is 0. The molecule has 0 aromatic heterocycles. The van der Waals surface area contributed by atoms with E-state index in [1.165, 1.54) is 167 Å². The number of allylic oxidation sites excluding steroid dienone is 16. The lowest BCUT2D eigenvalue weighted by atomic mass is 10.1. The van der Waals surface area contributed by atoms with Crippen molar-refractivity contribution in [3.63, 3.8) is 0 Å². The van der Waals surface area contributed by atoms with E-state index in [1.54, 1.807) is 0 Å². The van der Waals surface area contributed by atoms with Crippen molar-refractivity contribution in [3.05, 3.63) is 97.2 Å². The van der Waals surface area contributed by atoms with Crippen LogP contribution in [0.5, 0.6) is 0 Å². The number of hydrogen-bond donors (Lipinski definition) is 0. The first-order valence-corrected chi connectivity index (χ1v) is 32.7. The Balaban J connectivity index is 4.37. The topological polar surface area (TPSA) is 78.9 Å². The summed E-state index contributed by atoms with van der Waals surface area (Å²) in [5.74, 6) is -0.891. The van der Waals surface area contributed by atoms with Crippen molar-refractivity contribution < 1.29 is 28.6 Å². The van der Waals surface area contributed by atoms with E-state index in [-0.39, 0.29) is 31.1 Å². The fraction of sp³-hybridized carbons (Fsp3) is 0.732. The van der Waals surface area contributed by atoms with Crippen LogP contribution in [0.3, 0.4) is 0 Å². The van der Waals surface area contributed by atoms with Crippen molar-refractivity contribution in [1.29, 1.82) is 0 Å². The zero-order valence-corrected chi connectivity index (χ0v) is 50.7. The quantitative estimate of drug-likeness (QED) is 0.0261. The smallest absolute Gasteiger partial charge is 0.306 e. The molecule has 6 heteroatoms. The number of carbonyl (C=O) groups excluding carboxylic acids is 3. The van der Waals surface area contributed by atoms with Gasteiger partial charge in [0.15, 0.2) is 6.10 Å². The summed E-state index contributed by atoms with van der Waals surface area (Å²) in [5.41, 5.74) is 0. The van der Waals surface area contributed by atoms with Gasteiger partial charge in [-0.2, -0.15) is 0 Å². The van der Waals surface area contributed by atoms with Crippen LogP contribution in [0.1, 0.15) is 316 Å². The third kappa shape index (κ3) is 63.0. The molecule has 1 unspecified atom stereocenters. The van der Waals surface area contributed by atoms with Crippen molar-refractivity contribution in [1.82, 2.24) is 0 Å². The second kappa shape index (κ2) is 64.9. The minimum atomic E-state index is -0.788. The summed E-state index contributed by atoms with van der Waals surface area (Å²) in [6.07, 6.45) is 86.9. The van der Waals surface area contributed by atoms with Crippen molar-refractivity contribution in [3.8, 4) is 0 Å². The molecule has 0 fully saturated rings. The Hall–Kier alpha value is -3.67. The fourth-order valence-electron chi connectivity index (χ4n) is 9.14. The number of ether oxygens (including phenoxy) is 3. The van der Waals surface area contributed by atoms with Crippen LogP contribution >= 0.6 is 0 Å². The number of esters is 3. The highest BCUT2D eigenvalue weighted by atomic mass is 16.6. The molecular weight excluding hydrogens is 949 g/mol. The zero-order chi connectivity index (χ0) is 55.7. The molecule has 442 valence electrons. The van der Waals surface area contributed by atoms with Gasteiger partial charge in [0.1, 0.15) is 13.2 Å². The van der Waals surface area contributed by atoms with Crippen LogP contribution in [0.2, 0.25) is 0 Å². The van der Waals surface area contributed by atoms with Gasteiger partial charge in [-0.3, -0.25) is 14.4 Å². The van der Waals surface area contributed by atoms with E-state index in [2.05, 4.69) is 118 Å². The molecule has 0 rings (SSSR count). The van der Waals surface area contributed by atoms with E-state index < -0.39 is 6.10 Å². The molecule has 0 aliphatic rings. The predicted molar refractivity (Wildman–Crippen MR) is 334 cm³/mol. The van der Waals surface area contributed by atoms with Crippen LogP contribution in [0.25, 0.3) is 0 Å². The van der Waals surface area contributed by atoms with Crippen molar-refractivity contribution in [2.45, 2.75) is 322 Å². The second-order valence-corrected chi connectivity index (χ2v) is 21.6. The average Bonchev–Trinajstić information content (AvgIpc) is 3.43. The predicted octanol–water partition coefficient (Wildman–Crippen LogP) is 22.4. The summed E-state index contributed by atoms with van der Waals surface area (Å²) in [5, 5.41) is 0. The lowest BCUT2D eigenvalue weighted by molar-refractivity contribution is -0.167. The zero-order valence-electron chi connectivity index (χ0n) is 50.7. The van der Waals surface area contributed by atoms with Crippen molar-refractivity contribution in [2.75, 3.05) is 13.2 Å². The molecular formula is C71H122O6. The standard InChI is InChI=1S/C71H122O6/c1-4-7-10-13-16-19-22-25-28-30-32-33-34-35-36-37-39-40-43-46-49-52-55-58-61-64-70(73)76-67-68(66-75-69(72)63-60-57-54-51-48-45-42-27-24-21-18-15-12-9-6-3)77-71(74)65-62-59-56-53-50-47-44-41-38-31-29-26-23-20-17-14-11-8-5-2/h7,10,16-17,19-20,25-29,32-33,35-36,42,68H,4-6,8-9,11-15,18,21-24,30-31,34,37-41,43-67H2,1-3H3/b10-7-,19-16-,20-17-,28-25-,29-26-,33-32-,36-35-,42-27-. The van der Waals surface area contributed by atoms with Gasteiger partial charge < -0.3 is 14.2 Å². The van der Waals surface area contributed by atoms with Crippen LogP contribution in [0.4, 0.5) is 0 Å². The number of carbonyl (C=O) groups is 3. The Kier molecular flexibility index (Phi) is 61.8.